The van der Waals surface area contributed by atoms with Gasteiger partial charge >= 0.3 is 0 Å². The van der Waals surface area contributed by atoms with E-state index in [1.165, 1.54) is 55.1 Å². The fourth-order valence-corrected chi connectivity index (χ4v) is 3.04. The second-order valence-corrected chi connectivity index (χ2v) is 5.52. The first-order valence-electron chi connectivity index (χ1n) is 7.26. The molecule has 0 bridgehead atoms. The molecule has 2 aromatic rings. The molecule has 0 atom stereocenters. The zero-order chi connectivity index (χ0) is 13.2. The minimum atomic E-state index is 1.21. The molecular formula is C17H22N2. The monoisotopic (exact) mass is 254 g/mol. The third kappa shape index (κ3) is 2.40. The number of hydrogen-bond acceptors (Lipinski definition) is 1. The molecule has 0 aliphatic carbocycles. The van der Waals surface area contributed by atoms with Crippen molar-refractivity contribution in [1.29, 1.82) is 0 Å². The van der Waals surface area contributed by atoms with Crippen molar-refractivity contribution in [3.63, 3.8) is 0 Å². The molecule has 1 aromatic carbocycles. The fourth-order valence-electron chi connectivity index (χ4n) is 3.04. The summed E-state index contributed by atoms with van der Waals surface area (Å²) in [6, 6.07) is 13.4. The summed E-state index contributed by atoms with van der Waals surface area (Å²) in [6.07, 6.45) is 4.05. The minimum absolute atomic E-state index is 1.21. The molecule has 0 saturated carbocycles. The van der Waals surface area contributed by atoms with Crippen LogP contribution < -0.4 is 4.90 Å². The number of anilines is 1. The lowest BCUT2D eigenvalue weighted by Crippen LogP contribution is -2.29. The van der Waals surface area contributed by atoms with Crippen molar-refractivity contribution >= 4 is 5.69 Å². The average Bonchev–Trinajstić information content (AvgIpc) is 2.79. The van der Waals surface area contributed by atoms with Gasteiger partial charge in [-0.15, -0.1) is 0 Å². The summed E-state index contributed by atoms with van der Waals surface area (Å²) in [6.45, 7) is 6.74. The maximum Gasteiger partial charge on any atom is 0.0456 e. The van der Waals surface area contributed by atoms with Gasteiger partial charge in [-0.1, -0.05) is 0 Å². The normalized spacial score (nSPS) is 15.8. The lowest BCUT2D eigenvalue weighted by molar-refractivity contribution is 0.578. The van der Waals surface area contributed by atoms with E-state index in [4.69, 9.17) is 0 Å². The first-order valence-corrected chi connectivity index (χ1v) is 7.26. The molecule has 2 nitrogen and oxygen atoms in total. The van der Waals surface area contributed by atoms with Crippen LogP contribution in [0.3, 0.4) is 0 Å². The molecule has 0 spiro atoms. The van der Waals surface area contributed by atoms with E-state index in [0.29, 0.717) is 0 Å². The Labute approximate surface area is 115 Å². The molecule has 2 heteroatoms. The summed E-state index contributed by atoms with van der Waals surface area (Å²) in [5.74, 6) is 0. The van der Waals surface area contributed by atoms with E-state index in [2.05, 4.69) is 59.7 Å². The van der Waals surface area contributed by atoms with Crippen LogP contribution in [0.2, 0.25) is 0 Å². The summed E-state index contributed by atoms with van der Waals surface area (Å²) in [5, 5.41) is 0. The van der Waals surface area contributed by atoms with Gasteiger partial charge in [0, 0.05) is 35.9 Å². The SMILES string of the molecule is Cc1ccc(C)n1-c1ccc(N2CCCCC2)cc1. The van der Waals surface area contributed by atoms with Gasteiger partial charge < -0.3 is 9.47 Å². The molecule has 1 fully saturated rings. The molecule has 0 unspecified atom stereocenters. The van der Waals surface area contributed by atoms with E-state index < -0.39 is 0 Å². The van der Waals surface area contributed by atoms with Gasteiger partial charge in [0.1, 0.15) is 0 Å². The van der Waals surface area contributed by atoms with Crippen LogP contribution in [0.15, 0.2) is 36.4 Å². The molecule has 1 aromatic heterocycles. The Morgan fingerprint density at radius 2 is 1.21 bits per heavy atom. The molecular weight excluding hydrogens is 232 g/mol. The standard InChI is InChI=1S/C17H22N2/c1-14-6-7-15(2)19(14)17-10-8-16(9-11-17)18-12-4-3-5-13-18/h6-11H,3-5,12-13H2,1-2H3. The van der Waals surface area contributed by atoms with Crippen LogP contribution in [-0.2, 0) is 0 Å². The summed E-state index contributed by atoms with van der Waals surface area (Å²) >= 11 is 0. The molecule has 19 heavy (non-hydrogen) atoms. The minimum Gasteiger partial charge on any atom is -0.372 e. The smallest absolute Gasteiger partial charge is 0.0456 e. The summed E-state index contributed by atoms with van der Waals surface area (Å²) < 4.78 is 2.31. The van der Waals surface area contributed by atoms with Gasteiger partial charge in [0.25, 0.3) is 0 Å². The highest BCUT2D eigenvalue weighted by Gasteiger charge is 2.11. The number of rotatable bonds is 2. The Morgan fingerprint density at radius 3 is 1.79 bits per heavy atom. The average molecular weight is 254 g/mol. The molecule has 0 N–H and O–H groups in total. The van der Waals surface area contributed by atoms with E-state index in [-0.39, 0.29) is 0 Å². The van der Waals surface area contributed by atoms with Gasteiger partial charge in [-0.05, 0) is 69.5 Å². The van der Waals surface area contributed by atoms with Crippen molar-refractivity contribution < 1.29 is 0 Å². The third-order valence-electron chi connectivity index (χ3n) is 4.10. The number of benzene rings is 1. The number of aromatic nitrogens is 1. The van der Waals surface area contributed by atoms with Crippen molar-refractivity contribution in [3.05, 3.63) is 47.8 Å². The van der Waals surface area contributed by atoms with E-state index in [1.807, 2.05) is 0 Å². The topological polar surface area (TPSA) is 8.17 Å². The Bertz CT molecular complexity index is 526. The van der Waals surface area contributed by atoms with E-state index >= 15 is 0 Å². The van der Waals surface area contributed by atoms with Crippen molar-refractivity contribution in [2.75, 3.05) is 18.0 Å². The molecule has 1 aliphatic heterocycles. The molecule has 1 saturated heterocycles. The lowest BCUT2D eigenvalue weighted by atomic mass is 10.1. The van der Waals surface area contributed by atoms with Crippen molar-refractivity contribution in [2.45, 2.75) is 33.1 Å². The highest BCUT2D eigenvalue weighted by molar-refractivity contribution is 5.52. The number of hydrogen-bond donors (Lipinski definition) is 0. The van der Waals surface area contributed by atoms with Gasteiger partial charge in [-0.2, -0.15) is 0 Å². The highest BCUT2D eigenvalue weighted by atomic mass is 15.1. The van der Waals surface area contributed by atoms with E-state index in [1.54, 1.807) is 0 Å². The second kappa shape index (κ2) is 5.12. The van der Waals surface area contributed by atoms with Crippen molar-refractivity contribution in [3.8, 4) is 5.69 Å². The van der Waals surface area contributed by atoms with Crippen LogP contribution >= 0.6 is 0 Å². The van der Waals surface area contributed by atoms with Crippen LogP contribution in [0.25, 0.3) is 5.69 Å². The van der Waals surface area contributed by atoms with Crippen LogP contribution in [0.1, 0.15) is 30.7 Å². The molecule has 3 rings (SSSR count). The van der Waals surface area contributed by atoms with E-state index in [9.17, 15) is 0 Å². The third-order valence-corrected chi connectivity index (χ3v) is 4.10. The summed E-state index contributed by atoms with van der Waals surface area (Å²) in [5.41, 5.74) is 5.22. The van der Waals surface area contributed by atoms with Crippen LogP contribution in [0, 0.1) is 13.8 Å². The zero-order valence-electron chi connectivity index (χ0n) is 11.9. The predicted molar refractivity (Wildman–Crippen MR) is 81.3 cm³/mol. The Balaban J connectivity index is 1.86. The highest BCUT2D eigenvalue weighted by Crippen LogP contribution is 2.23. The molecule has 2 heterocycles. The van der Waals surface area contributed by atoms with Crippen LogP contribution in [0.5, 0.6) is 0 Å². The van der Waals surface area contributed by atoms with Gasteiger partial charge in [-0.3, -0.25) is 0 Å². The largest absolute Gasteiger partial charge is 0.372 e. The van der Waals surface area contributed by atoms with Gasteiger partial charge in [0.05, 0.1) is 0 Å². The second-order valence-electron chi connectivity index (χ2n) is 5.52. The maximum atomic E-state index is 2.50. The predicted octanol–water partition coefficient (Wildman–Crippen LogP) is 4.08. The summed E-state index contributed by atoms with van der Waals surface area (Å²) in [4.78, 5) is 2.50. The molecule has 0 radical (unpaired) electrons. The Morgan fingerprint density at radius 1 is 0.684 bits per heavy atom. The van der Waals surface area contributed by atoms with Gasteiger partial charge in [0.15, 0.2) is 0 Å². The number of piperidine rings is 1. The van der Waals surface area contributed by atoms with Crippen molar-refractivity contribution in [2.24, 2.45) is 0 Å². The first kappa shape index (κ1) is 12.3. The molecule has 100 valence electrons. The number of nitrogens with zero attached hydrogens (tertiary/aromatic N) is 2. The zero-order valence-corrected chi connectivity index (χ0v) is 11.9. The fraction of sp³-hybridized carbons (Fsp3) is 0.412. The lowest BCUT2D eigenvalue weighted by Gasteiger charge is -2.29. The van der Waals surface area contributed by atoms with Crippen LogP contribution in [-0.4, -0.2) is 17.7 Å². The quantitative estimate of drug-likeness (QED) is 0.784. The van der Waals surface area contributed by atoms with Gasteiger partial charge in [-0.25, -0.2) is 0 Å². The summed E-state index contributed by atoms with van der Waals surface area (Å²) in [7, 11) is 0. The Kier molecular flexibility index (Phi) is 3.33. The maximum absolute atomic E-state index is 2.50. The first-order chi connectivity index (χ1) is 9.25. The number of aryl methyl sites for hydroxylation is 2. The molecule has 0 amide bonds. The van der Waals surface area contributed by atoms with Crippen molar-refractivity contribution in [1.82, 2.24) is 4.57 Å². The Hall–Kier alpha value is -1.70. The molecule has 1 aliphatic rings. The van der Waals surface area contributed by atoms with Gasteiger partial charge in [0.2, 0.25) is 0 Å². The van der Waals surface area contributed by atoms with Crippen LogP contribution in [0.4, 0.5) is 5.69 Å². The van der Waals surface area contributed by atoms with E-state index in [0.717, 1.165) is 0 Å².